The lowest BCUT2D eigenvalue weighted by atomic mass is 9.97. The topological polar surface area (TPSA) is 75.4 Å². The van der Waals surface area contributed by atoms with Gasteiger partial charge in [0.2, 0.25) is 11.8 Å². The minimum Gasteiger partial charge on any atom is -0.369 e. The van der Waals surface area contributed by atoms with E-state index in [1.807, 2.05) is 4.90 Å². The van der Waals surface area contributed by atoms with Gasteiger partial charge >= 0.3 is 0 Å². The van der Waals surface area contributed by atoms with E-state index in [0.717, 1.165) is 19.4 Å². The van der Waals surface area contributed by atoms with Gasteiger partial charge in [-0.2, -0.15) is 0 Å². The van der Waals surface area contributed by atoms with Crippen molar-refractivity contribution in [1.82, 2.24) is 4.90 Å². The molecule has 1 saturated heterocycles. The summed E-state index contributed by atoms with van der Waals surface area (Å²) >= 11 is 12.0. The van der Waals surface area contributed by atoms with Gasteiger partial charge in [-0.15, -0.1) is 0 Å². The standard InChI is InChI=1S/C14H17Cl2N3O2/c15-10-4-1-5-11(16)13(10)18-12(20)8-19-6-2-3-9(7-19)14(17)21/h1,4-5,9H,2-3,6-8H2,(H2,17,21)(H,18,20)/t9-/m1/s1. The number of nitrogens with zero attached hydrogens (tertiary/aromatic N) is 1. The van der Waals surface area contributed by atoms with Crippen molar-refractivity contribution < 1.29 is 9.59 Å². The number of hydrogen-bond donors (Lipinski definition) is 2. The van der Waals surface area contributed by atoms with Crippen LogP contribution >= 0.6 is 23.2 Å². The van der Waals surface area contributed by atoms with Gasteiger partial charge in [-0.25, -0.2) is 0 Å². The molecule has 1 atom stereocenters. The van der Waals surface area contributed by atoms with Crippen molar-refractivity contribution >= 4 is 40.7 Å². The third-order valence-corrected chi connectivity index (χ3v) is 4.13. The van der Waals surface area contributed by atoms with Crippen LogP contribution in [-0.4, -0.2) is 36.3 Å². The first-order valence-electron chi connectivity index (χ1n) is 6.73. The van der Waals surface area contributed by atoms with Gasteiger partial charge < -0.3 is 11.1 Å². The Bertz CT molecular complexity index is 531. The molecule has 0 unspecified atom stereocenters. The third-order valence-electron chi connectivity index (χ3n) is 3.50. The molecule has 1 aromatic rings. The Balaban J connectivity index is 1.94. The van der Waals surface area contributed by atoms with Crippen LogP contribution < -0.4 is 11.1 Å². The second kappa shape index (κ2) is 7.11. The summed E-state index contributed by atoms with van der Waals surface area (Å²) in [7, 11) is 0. The average molecular weight is 330 g/mol. The zero-order valence-corrected chi connectivity index (χ0v) is 13.0. The highest BCUT2D eigenvalue weighted by atomic mass is 35.5. The number of piperidine rings is 1. The van der Waals surface area contributed by atoms with E-state index in [0.29, 0.717) is 22.3 Å². The van der Waals surface area contributed by atoms with Crippen LogP contribution in [0.25, 0.3) is 0 Å². The molecule has 114 valence electrons. The van der Waals surface area contributed by atoms with Crippen molar-refractivity contribution in [2.45, 2.75) is 12.8 Å². The molecule has 0 spiro atoms. The van der Waals surface area contributed by atoms with Crippen molar-refractivity contribution in [1.29, 1.82) is 0 Å². The Labute approximate surface area is 133 Å². The molecule has 1 aliphatic rings. The van der Waals surface area contributed by atoms with Gasteiger partial charge in [0.25, 0.3) is 0 Å². The van der Waals surface area contributed by atoms with E-state index in [2.05, 4.69) is 5.32 Å². The summed E-state index contributed by atoms with van der Waals surface area (Å²) in [6.07, 6.45) is 1.64. The molecule has 3 N–H and O–H groups in total. The number of amides is 2. The number of anilines is 1. The summed E-state index contributed by atoms with van der Waals surface area (Å²) in [5.41, 5.74) is 5.73. The van der Waals surface area contributed by atoms with Crippen LogP contribution in [0.2, 0.25) is 10.0 Å². The number of likely N-dealkylation sites (tertiary alicyclic amines) is 1. The number of carbonyl (C=O) groups excluding carboxylic acids is 2. The van der Waals surface area contributed by atoms with Crippen LogP contribution in [0.3, 0.4) is 0 Å². The second-order valence-corrected chi connectivity index (χ2v) is 5.94. The fraction of sp³-hybridized carbons (Fsp3) is 0.429. The Morgan fingerprint density at radius 1 is 1.33 bits per heavy atom. The van der Waals surface area contributed by atoms with E-state index in [1.54, 1.807) is 18.2 Å². The molecule has 7 heteroatoms. The van der Waals surface area contributed by atoms with Crippen molar-refractivity contribution in [3.8, 4) is 0 Å². The van der Waals surface area contributed by atoms with Crippen molar-refractivity contribution in [3.05, 3.63) is 28.2 Å². The van der Waals surface area contributed by atoms with Crippen LogP contribution in [0, 0.1) is 5.92 Å². The van der Waals surface area contributed by atoms with Crippen molar-refractivity contribution in [2.24, 2.45) is 11.7 Å². The smallest absolute Gasteiger partial charge is 0.238 e. The van der Waals surface area contributed by atoms with Crippen LogP contribution in [0.5, 0.6) is 0 Å². The lowest BCUT2D eigenvalue weighted by Gasteiger charge is -2.30. The van der Waals surface area contributed by atoms with E-state index in [4.69, 9.17) is 28.9 Å². The molecule has 0 bridgehead atoms. The maximum absolute atomic E-state index is 12.1. The highest BCUT2D eigenvalue weighted by molar-refractivity contribution is 6.39. The molecule has 1 heterocycles. The molecule has 0 aromatic heterocycles. The number of primary amides is 1. The van der Waals surface area contributed by atoms with Gasteiger partial charge in [-0.05, 0) is 31.5 Å². The minimum absolute atomic E-state index is 0.185. The lowest BCUT2D eigenvalue weighted by molar-refractivity contribution is -0.125. The SMILES string of the molecule is NC(=O)[C@@H]1CCCN(CC(=O)Nc2c(Cl)cccc2Cl)C1. The molecule has 0 saturated carbocycles. The molecular formula is C14H17Cl2N3O2. The molecule has 1 aliphatic heterocycles. The van der Waals surface area contributed by atoms with E-state index >= 15 is 0 Å². The van der Waals surface area contributed by atoms with Gasteiger partial charge in [0.1, 0.15) is 0 Å². The van der Waals surface area contributed by atoms with Crippen LogP contribution in [0.15, 0.2) is 18.2 Å². The number of carbonyl (C=O) groups is 2. The zero-order chi connectivity index (χ0) is 15.4. The second-order valence-electron chi connectivity index (χ2n) is 5.12. The fourth-order valence-electron chi connectivity index (χ4n) is 2.43. The Hall–Kier alpha value is -1.30. The van der Waals surface area contributed by atoms with E-state index < -0.39 is 0 Å². The van der Waals surface area contributed by atoms with E-state index in [1.165, 1.54) is 0 Å². The van der Waals surface area contributed by atoms with Gasteiger partial charge in [0, 0.05) is 6.54 Å². The zero-order valence-electron chi connectivity index (χ0n) is 11.4. The first-order chi connectivity index (χ1) is 9.97. The molecule has 0 aliphatic carbocycles. The molecule has 1 aromatic carbocycles. The van der Waals surface area contributed by atoms with Crippen molar-refractivity contribution in [2.75, 3.05) is 25.0 Å². The highest BCUT2D eigenvalue weighted by Crippen LogP contribution is 2.29. The van der Waals surface area contributed by atoms with Crippen molar-refractivity contribution in [3.63, 3.8) is 0 Å². The number of benzene rings is 1. The van der Waals surface area contributed by atoms with Crippen LogP contribution in [-0.2, 0) is 9.59 Å². The summed E-state index contributed by atoms with van der Waals surface area (Å²) in [6.45, 7) is 1.47. The largest absolute Gasteiger partial charge is 0.369 e. The predicted molar refractivity (Wildman–Crippen MR) is 83.5 cm³/mol. The monoisotopic (exact) mass is 329 g/mol. The Morgan fingerprint density at radius 2 is 2.00 bits per heavy atom. The maximum Gasteiger partial charge on any atom is 0.238 e. The summed E-state index contributed by atoms with van der Waals surface area (Å²) in [5.74, 6) is -0.708. The first-order valence-corrected chi connectivity index (χ1v) is 7.48. The fourth-order valence-corrected chi connectivity index (χ4v) is 2.92. The Morgan fingerprint density at radius 3 is 2.62 bits per heavy atom. The number of nitrogens with one attached hydrogen (secondary N) is 1. The first kappa shape index (κ1) is 16.1. The van der Waals surface area contributed by atoms with Gasteiger partial charge in [-0.3, -0.25) is 14.5 Å². The number of hydrogen-bond acceptors (Lipinski definition) is 3. The molecule has 1 fully saturated rings. The predicted octanol–water partition coefficient (Wildman–Crippen LogP) is 2.13. The van der Waals surface area contributed by atoms with E-state index in [-0.39, 0.29) is 24.3 Å². The van der Waals surface area contributed by atoms with Gasteiger partial charge in [0.05, 0.1) is 28.2 Å². The highest BCUT2D eigenvalue weighted by Gasteiger charge is 2.25. The average Bonchev–Trinajstić information content (AvgIpc) is 2.43. The number of nitrogens with two attached hydrogens (primary N) is 1. The quantitative estimate of drug-likeness (QED) is 0.888. The molecule has 5 nitrogen and oxygen atoms in total. The third kappa shape index (κ3) is 4.33. The van der Waals surface area contributed by atoms with Gasteiger partial charge in [0.15, 0.2) is 0 Å². The summed E-state index contributed by atoms with van der Waals surface area (Å²) < 4.78 is 0. The lowest BCUT2D eigenvalue weighted by Crippen LogP contribution is -2.44. The molecule has 2 rings (SSSR count). The normalized spacial score (nSPS) is 19.2. The summed E-state index contributed by atoms with van der Waals surface area (Å²) in [5, 5.41) is 3.50. The Kier molecular flexibility index (Phi) is 5.45. The number of para-hydroxylation sites is 1. The van der Waals surface area contributed by atoms with Crippen LogP contribution in [0.4, 0.5) is 5.69 Å². The minimum atomic E-state index is -0.311. The molecule has 2 amide bonds. The molecule has 21 heavy (non-hydrogen) atoms. The maximum atomic E-state index is 12.1. The molecular weight excluding hydrogens is 313 g/mol. The van der Waals surface area contributed by atoms with E-state index in [9.17, 15) is 9.59 Å². The molecule has 0 radical (unpaired) electrons. The summed E-state index contributed by atoms with van der Waals surface area (Å²) in [6, 6.07) is 5.03. The summed E-state index contributed by atoms with van der Waals surface area (Å²) in [4.78, 5) is 25.2. The van der Waals surface area contributed by atoms with Crippen LogP contribution in [0.1, 0.15) is 12.8 Å². The number of rotatable bonds is 4. The number of halogens is 2. The van der Waals surface area contributed by atoms with Gasteiger partial charge in [-0.1, -0.05) is 29.3 Å².